The second-order valence-electron chi connectivity index (χ2n) is 5.96. The molecule has 8 nitrogen and oxygen atoms in total. The molecule has 0 saturated heterocycles. The van der Waals surface area contributed by atoms with Gasteiger partial charge in [0.25, 0.3) is 0 Å². The highest BCUT2D eigenvalue weighted by Gasteiger charge is 2.29. The summed E-state index contributed by atoms with van der Waals surface area (Å²) in [5.74, 6) is 0.0989. The molecule has 148 valence electrons. The van der Waals surface area contributed by atoms with Crippen LogP contribution in [0.1, 0.15) is 20.8 Å². The fraction of sp³-hybridized carbons (Fsp3) is 0.438. The predicted octanol–water partition coefficient (Wildman–Crippen LogP) is 2.84. The molecular formula is C16H22N4O4S3. The molecule has 0 fully saturated rings. The Hall–Kier alpha value is -1.85. The van der Waals surface area contributed by atoms with E-state index in [1.807, 2.05) is 13.8 Å². The summed E-state index contributed by atoms with van der Waals surface area (Å²) in [7, 11) is -2.17. The van der Waals surface area contributed by atoms with Crippen molar-refractivity contribution in [1.82, 2.24) is 10.2 Å². The molecule has 0 aliphatic carbocycles. The van der Waals surface area contributed by atoms with E-state index in [9.17, 15) is 13.2 Å². The lowest BCUT2D eigenvalue weighted by molar-refractivity contribution is -0.116. The summed E-state index contributed by atoms with van der Waals surface area (Å²) >= 11 is 2.79. The van der Waals surface area contributed by atoms with Crippen LogP contribution in [0.2, 0.25) is 0 Å². The van der Waals surface area contributed by atoms with Gasteiger partial charge in [0, 0.05) is 5.25 Å². The largest absolute Gasteiger partial charge is 0.497 e. The molecule has 0 saturated carbocycles. The van der Waals surface area contributed by atoms with Crippen LogP contribution in [0.5, 0.6) is 5.75 Å². The monoisotopic (exact) mass is 430 g/mol. The first-order valence-electron chi connectivity index (χ1n) is 8.06. The molecule has 0 radical (unpaired) electrons. The van der Waals surface area contributed by atoms with E-state index in [2.05, 4.69) is 15.5 Å². The fourth-order valence-corrected chi connectivity index (χ4v) is 5.41. The van der Waals surface area contributed by atoms with Gasteiger partial charge in [0.1, 0.15) is 11.8 Å². The Morgan fingerprint density at radius 3 is 2.37 bits per heavy atom. The maximum Gasteiger partial charge on any atom is 0.249 e. The lowest BCUT2D eigenvalue weighted by atomic mass is 10.2. The van der Waals surface area contributed by atoms with E-state index in [0.717, 1.165) is 14.9 Å². The number of hydrogen-bond acceptors (Lipinski definition) is 8. The van der Waals surface area contributed by atoms with E-state index in [4.69, 9.17) is 4.74 Å². The van der Waals surface area contributed by atoms with E-state index in [-0.39, 0.29) is 0 Å². The van der Waals surface area contributed by atoms with Gasteiger partial charge >= 0.3 is 0 Å². The number of anilines is 2. The molecule has 1 N–H and O–H groups in total. The van der Waals surface area contributed by atoms with Crippen molar-refractivity contribution in [3.05, 3.63) is 24.3 Å². The van der Waals surface area contributed by atoms with Gasteiger partial charge in [-0.05, 0) is 31.2 Å². The Bertz CT molecular complexity index is 881. The second-order valence-corrected chi connectivity index (χ2v) is 10.6. The number of ether oxygens (including phenoxy) is 1. The molecule has 2 aromatic rings. The van der Waals surface area contributed by atoms with Crippen LogP contribution in [-0.4, -0.2) is 49.2 Å². The molecule has 1 amide bonds. The number of thioether (sulfide) groups is 1. The number of nitrogens with zero attached hydrogens (tertiary/aromatic N) is 3. The molecule has 0 bridgehead atoms. The first-order valence-corrected chi connectivity index (χ1v) is 11.6. The van der Waals surface area contributed by atoms with Crippen molar-refractivity contribution >= 4 is 49.8 Å². The summed E-state index contributed by atoms with van der Waals surface area (Å²) in [4.78, 5) is 12.6. The molecule has 0 aliphatic rings. The van der Waals surface area contributed by atoms with Crippen molar-refractivity contribution < 1.29 is 17.9 Å². The number of aromatic nitrogens is 2. The van der Waals surface area contributed by atoms with Gasteiger partial charge in [0.2, 0.25) is 21.1 Å². The Morgan fingerprint density at radius 1 is 1.22 bits per heavy atom. The number of nitrogens with one attached hydrogen (secondary N) is 1. The highest BCUT2D eigenvalue weighted by atomic mass is 32.2. The van der Waals surface area contributed by atoms with Gasteiger partial charge in [0.05, 0.1) is 19.1 Å². The van der Waals surface area contributed by atoms with E-state index in [1.54, 1.807) is 36.0 Å². The Morgan fingerprint density at radius 2 is 1.85 bits per heavy atom. The number of methoxy groups -OCH3 is 1. The van der Waals surface area contributed by atoms with E-state index in [0.29, 0.717) is 21.8 Å². The van der Waals surface area contributed by atoms with Crippen molar-refractivity contribution in [2.75, 3.05) is 23.0 Å². The number of carbonyl (C=O) groups is 1. The average molecular weight is 431 g/mol. The highest BCUT2D eigenvalue weighted by molar-refractivity contribution is 8.01. The van der Waals surface area contributed by atoms with Gasteiger partial charge in [-0.3, -0.25) is 14.4 Å². The van der Waals surface area contributed by atoms with Crippen molar-refractivity contribution in [1.29, 1.82) is 0 Å². The molecule has 27 heavy (non-hydrogen) atoms. The molecule has 0 spiro atoms. The Labute approximate surface area is 167 Å². The number of amides is 1. The van der Waals surface area contributed by atoms with Crippen LogP contribution in [0.3, 0.4) is 0 Å². The van der Waals surface area contributed by atoms with Crippen LogP contribution in [0.25, 0.3) is 0 Å². The van der Waals surface area contributed by atoms with Crippen molar-refractivity contribution in [3.8, 4) is 5.75 Å². The predicted molar refractivity (Wildman–Crippen MR) is 109 cm³/mol. The minimum atomic E-state index is -3.69. The quantitative estimate of drug-likeness (QED) is 0.507. The van der Waals surface area contributed by atoms with Crippen LogP contribution in [0, 0.1) is 0 Å². The molecule has 1 heterocycles. The molecule has 1 aromatic carbocycles. The maximum atomic E-state index is 12.6. The molecular weight excluding hydrogens is 408 g/mol. The fourth-order valence-electron chi connectivity index (χ4n) is 2.26. The molecule has 1 atom stereocenters. The third kappa shape index (κ3) is 5.81. The summed E-state index contributed by atoms with van der Waals surface area (Å²) in [6.45, 7) is 5.59. The zero-order valence-corrected chi connectivity index (χ0v) is 18.1. The number of benzene rings is 1. The zero-order chi connectivity index (χ0) is 20.2. The first-order chi connectivity index (χ1) is 12.6. The van der Waals surface area contributed by atoms with E-state index < -0.39 is 22.0 Å². The van der Waals surface area contributed by atoms with Crippen LogP contribution >= 0.6 is 23.1 Å². The van der Waals surface area contributed by atoms with Crippen molar-refractivity contribution in [2.24, 2.45) is 0 Å². The standard InChI is InChI=1S/C16H22N4O4S3/c1-10(2)25-16-19-18-15(26-16)17-14(21)11(3)20(27(5,22)23)12-6-8-13(24-4)9-7-12/h6-11H,1-5H3,(H,17,18,21)/t11-/m1/s1. The smallest absolute Gasteiger partial charge is 0.249 e. The van der Waals surface area contributed by atoms with Crippen molar-refractivity contribution in [2.45, 2.75) is 36.4 Å². The summed E-state index contributed by atoms with van der Waals surface area (Å²) in [6.07, 6.45) is 1.06. The Kier molecular flexibility index (Phi) is 7.06. The van der Waals surface area contributed by atoms with E-state index in [1.165, 1.54) is 25.4 Å². The number of rotatable bonds is 8. The molecule has 0 unspecified atom stereocenters. The molecule has 0 aliphatic heterocycles. The normalized spacial score (nSPS) is 12.7. The number of sulfonamides is 1. The lowest BCUT2D eigenvalue weighted by Gasteiger charge is -2.28. The van der Waals surface area contributed by atoms with Crippen LogP contribution in [0.4, 0.5) is 10.8 Å². The molecule has 11 heteroatoms. The third-order valence-electron chi connectivity index (χ3n) is 3.39. The maximum absolute atomic E-state index is 12.6. The van der Waals surface area contributed by atoms with Gasteiger partial charge in [-0.1, -0.05) is 36.9 Å². The number of carbonyl (C=O) groups excluding carboxylic acids is 1. The summed E-state index contributed by atoms with van der Waals surface area (Å²) in [5, 5.41) is 11.3. The van der Waals surface area contributed by atoms with Crippen LogP contribution < -0.4 is 14.4 Å². The average Bonchev–Trinajstić information content (AvgIpc) is 3.00. The Balaban J connectivity index is 2.20. The van der Waals surface area contributed by atoms with Crippen LogP contribution in [-0.2, 0) is 14.8 Å². The highest BCUT2D eigenvalue weighted by Crippen LogP contribution is 2.29. The second kappa shape index (κ2) is 8.89. The third-order valence-corrected chi connectivity index (χ3v) is 6.56. The van der Waals surface area contributed by atoms with Gasteiger partial charge in [-0.25, -0.2) is 8.42 Å². The first kappa shape index (κ1) is 21.5. The van der Waals surface area contributed by atoms with Crippen LogP contribution in [0.15, 0.2) is 28.6 Å². The minimum Gasteiger partial charge on any atom is -0.497 e. The van der Waals surface area contributed by atoms with E-state index >= 15 is 0 Å². The topological polar surface area (TPSA) is 101 Å². The van der Waals surface area contributed by atoms with Gasteiger partial charge in [-0.2, -0.15) is 0 Å². The van der Waals surface area contributed by atoms with Gasteiger partial charge in [-0.15, -0.1) is 10.2 Å². The SMILES string of the molecule is COc1ccc(N([C@H](C)C(=O)Nc2nnc(SC(C)C)s2)S(C)(=O)=O)cc1. The molecule has 1 aromatic heterocycles. The molecule has 2 rings (SSSR count). The lowest BCUT2D eigenvalue weighted by Crippen LogP contribution is -2.45. The van der Waals surface area contributed by atoms with Gasteiger partial charge in [0.15, 0.2) is 4.34 Å². The van der Waals surface area contributed by atoms with Gasteiger partial charge < -0.3 is 4.74 Å². The minimum absolute atomic E-state index is 0.332. The zero-order valence-electron chi connectivity index (χ0n) is 15.7. The van der Waals surface area contributed by atoms with Crippen molar-refractivity contribution in [3.63, 3.8) is 0 Å². The summed E-state index contributed by atoms with van der Waals surface area (Å²) in [6, 6.07) is 5.48. The summed E-state index contributed by atoms with van der Waals surface area (Å²) in [5.41, 5.74) is 0.370. The number of hydrogen-bond donors (Lipinski definition) is 1. The summed E-state index contributed by atoms with van der Waals surface area (Å²) < 4.78 is 31.5.